The van der Waals surface area contributed by atoms with Gasteiger partial charge in [0, 0.05) is 11.1 Å². The van der Waals surface area contributed by atoms with Gasteiger partial charge in [-0.3, -0.25) is 4.98 Å². The molecule has 0 aliphatic rings. The summed E-state index contributed by atoms with van der Waals surface area (Å²) in [6.07, 6.45) is 3.19. The van der Waals surface area contributed by atoms with Gasteiger partial charge in [-0.25, -0.2) is 13.1 Å². The number of rotatable bonds is 7. The van der Waals surface area contributed by atoms with Gasteiger partial charge in [0.05, 0.1) is 12.2 Å². The summed E-state index contributed by atoms with van der Waals surface area (Å²) in [6.45, 7) is 2.74. The summed E-state index contributed by atoms with van der Waals surface area (Å²) < 4.78 is 27.5. The number of hydrogen-bond acceptors (Lipinski definition) is 5. The quantitative estimate of drug-likeness (QED) is 0.811. The molecule has 21 heavy (non-hydrogen) atoms. The third-order valence-electron chi connectivity index (χ3n) is 3.09. The first-order valence-corrected chi connectivity index (χ1v) is 9.08. The Hall–Kier alpha value is -1.28. The molecule has 0 atom stereocenters. The molecular weight excluding hydrogens is 306 g/mol. The van der Waals surface area contributed by atoms with Crippen LogP contribution >= 0.6 is 11.3 Å². The molecule has 0 spiro atoms. The van der Waals surface area contributed by atoms with Crippen LogP contribution in [0.2, 0.25) is 0 Å². The molecule has 0 aliphatic carbocycles. The van der Waals surface area contributed by atoms with E-state index in [1.54, 1.807) is 12.3 Å². The molecule has 2 aromatic rings. The van der Waals surface area contributed by atoms with Crippen molar-refractivity contribution in [3.05, 3.63) is 46.6 Å². The van der Waals surface area contributed by atoms with Crippen LogP contribution in [0.15, 0.2) is 34.7 Å². The normalized spacial score (nSPS) is 11.7. The van der Waals surface area contributed by atoms with Crippen LogP contribution in [0.3, 0.4) is 0 Å². The van der Waals surface area contributed by atoms with E-state index < -0.39 is 10.0 Å². The van der Waals surface area contributed by atoms with Crippen molar-refractivity contribution in [2.75, 3.05) is 6.54 Å². The second kappa shape index (κ2) is 7.13. The molecule has 2 aromatic heterocycles. The van der Waals surface area contributed by atoms with E-state index in [9.17, 15) is 8.42 Å². The van der Waals surface area contributed by atoms with Crippen molar-refractivity contribution in [1.29, 1.82) is 0 Å². The molecule has 0 amide bonds. The fourth-order valence-corrected chi connectivity index (χ4v) is 4.37. The van der Waals surface area contributed by atoms with E-state index in [0.717, 1.165) is 22.6 Å². The lowest BCUT2D eigenvalue weighted by Crippen LogP contribution is -2.23. The minimum Gasteiger partial charge on any atom is -0.330 e. The zero-order valence-corrected chi connectivity index (χ0v) is 13.5. The van der Waals surface area contributed by atoms with Crippen molar-refractivity contribution >= 4 is 21.4 Å². The van der Waals surface area contributed by atoms with Gasteiger partial charge in [0.15, 0.2) is 0 Å². The van der Waals surface area contributed by atoms with Gasteiger partial charge in [0.2, 0.25) is 10.0 Å². The Morgan fingerprint density at radius 3 is 2.86 bits per heavy atom. The number of sulfonamides is 1. The molecule has 0 unspecified atom stereocenters. The fourth-order valence-electron chi connectivity index (χ4n) is 1.97. The first-order valence-electron chi connectivity index (χ1n) is 6.78. The summed E-state index contributed by atoms with van der Waals surface area (Å²) in [4.78, 5) is 5.22. The van der Waals surface area contributed by atoms with E-state index in [2.05, 4.69) is 9.71 Å². The molecule has 114 valence electrons. The van der Waals surface area contributed by atoms with Crippen molar-refractivity contribution in [3.8, 4) is 0 Å². The van der Waals surface area contributed by atoms with Crippen LogP contribution in [0.4, 0.5) is 0 Å². The Balaban J connectivity index is 2.10. The highest BCUT2D eigenvalue weighted by atomic mass is 32.2. The predicted octanol–water partition coefficient (Wildman–Crippen LogP) is 1.69. The molecule has 7 heteroatoms. The Morgan fingerprint density at radius 2 is 2.14 bits per heavy atom. The first kappa shape index (κ1) is 16.1. The molecule has 0 fully saturated rings. The van der Waals surface area contributed by atoms with E-state index >= 15 is 0 Å². The predicted molar refractivity (Wildman–Crippen MR) is 84.7 cm³/mol. The average molecular weight is 325 g/mol. The standard InChI is InChI=1S/C14H19N3O2S2/c1-2-11-4-3-9-16-13(11)10-17-21(18,19)14-6-5-12(20-14)7-8-15/h3-6,9,17H,2,7-8,10,15H2,1H3. The number of pyridine rings is 1. The smallest absolute Gasteiger partial charge is 0.250 e. The van der Waals surface area contributed by atoms with Crippen molar-refractivity contribution in [2.45, 2.75) is 30.5 Å². The molecule has 2 rings (SSSR count). The summed E-state index contributed by atoms with van der Waals surface area (Å²) in [7, 11) is -3.49. The van der Waals surface area contributed by atoms with Crippen LogP contribution in [-0.4, -0.2) is 19.9 Å². The number of hydrogen-bond donors (Lipinski definition) is 2. The fraction of sp³-hybridized carbons (Fsp3) is 0.357. The number of nitrogens with two attached hydrogens (primary N) is 1. The minimum absolute atomic E-state index is 0.205. The number of nitrogens with zero attached hydrogens (tertiary/aromatic N) is 1. The maximum Gasteiger partial charge on any atom is 0.250 e. The van der Waals surface area contributed by atoms with E-state index in [0.29, 0.717) is 17.2 Å². The lowest BCUT2D eigenvalue weighted by molar-refractivity contribution is 0.582. The topological polar surface area (TPSA) is 85.1 Å². The Morgan fingerprint density at radius 1 is 1.33 bits per heavy atom. The van der Waals surface area contributed by atoms with Gasteiger partial charge in [0.1, 0.15) is 4.21 Å². The van der Waals surface area contributed by atoms with E-state index in [4.69, 9.17) is 5.73 Å². The third kappa shape index (κ3) is 4.10. The maximum atomic E-state index is 12.3. The van der Waals surface area contributed by atoms with Gasteiger partial charge >= 0.3 is 0 Å². The largest absolute Gasteiger partial charge is 0.330 e. The van der Waals surface area contributed by atoms with Crippen LogP contribution in [0.5, 0.6) is 0 Å². The zero-order chi connectivity index (χ0) is 15.3. The van der Waals surface area contributed by atoms with Gasteiger partial charge in [-0.2, -0.15) is 0 Å². The van der Waals surface area contributed by atoms with E-state index in [1.807, 2.05) is 25.1 Å². The van der Waals surface area contributed by atoms with Crippen LogP contribution < -0.4 is 10.5 Å². The zero-order valence-electron chi connectivity index (χ0n) is 11.9. The van der Waals surface area contributed by atoms with Crippen LogP contribution in [0, 0.1) is 0 Å². The summed E-state index contributed by atoms with van der Waals surface area (Å²) >= 11 is 1.26. The summed E-state index contributed by atoms with van der Waals surface area (Å²) in [5, 5.41) is 0. The van der Waals surface area contributed by atoms with E-state index in [-0.39, 0.29) is 6.54 Å². The van der Waals surface area contributed by atoms with Crippen molar-refractivity contribution in [2.24, 2.45) is 5.73 Å². The second-order valence-corrected chi connectivity index (χ2v) is 7.71. The SMILES string of the molecule is CCc1cccnc1CNS(=O)(=O)c1ccc(CCN)s1. The monoisotopic (exact) mass is 325 g/mol. The maximum absolute atomic E-state index is 12.3. The molecule has 5 nitrogen and oxygen atoms in total. The van der Waals surface area contributed by atoms with E-state index in [1.165, 1.54) is 11.3 Å². The molecule has 0 radical (unpaired) electrons. The highest BCUT2D eigenvalue weighted by Gasteiger charge is 2.17. The Bertz CT molecular complexity index is 696. The number of thiophene rings is 1. The van der Waals surface area contributed by atoms with Gasteiger partial charge in [0.25, 0.3) is 0 Å². The molecule has 0 aromatic carbocycles. The highest BCUT2D eigenvalue weighted by molar-refractivity contribution is 7.91. The second-order valence-electron chi connectivity index (χ2n) is 4.55. The lowest BCUT2D eigenvalue weighted by Gasteiger charge is -2.07. The van der Waals surface area contributed by atoms with Gasteiger partial charge in [-0.05, 0) is 43.1 Å². The molecule has 0 bridgehead atoms. The molecule has 3 N–H and O–H groups in total. The first-order chi connectivity index (χ1) is 10.1. The Kier molecular flexibility index (Phi) is 5.46. The van der Waals surface area contributed by atoms with Crippen molar-refractivity contribution in [1.82, 2.24) is 9.71 Å². The third-order valence-corrected chi connectivity index (χ3v) is 6.13. The number of nitrogens with one attached hydrogen (secondary N) is 1. The molecule has 0 saturated heterocycles. The Labute approximate surface area is 129 Å². The summed E-state index contributed by atoms with van der Waals surface area (Å²) in [5.74, 6) is 0. The summed E-state index contributed by atoms with van der Waals surface area (Å²) in [6, 6.07) is 7.25. The van der Waals surface area contributed by atoms with Crippen LogP contribution in [-0.2, 0) is 29.4 Å². The van der Waals surface area contributed by atoms with Crippen molar-refractivity contribution < 1.29 is 8.42 Å². The number of aryl methyl sites for hydroxylation is 1. The lowest BCUT2D eigenvalue weighted by atomic mass is 10.1. The van der Waals surface area contributed by atoms with Crippen LogP contribution in [0.25, 0.3) is 0 Å². The molecule has 2 heterocycles. The minimum atomic E-state index is -3.49. The molecular formula is C14H19N3O2S2. The summed E-state index contributed by atoms with van der Waals surface area (Å²) in [5.41, 5.74) is 7.30. The highest BCUT2D eigenvalue weighted by Crippen LogP contribution is 2.22. The molecule has 0 saturated carbocycles. The van der Waals surface area contributed by atoms with Crippen LogP contribution in [0.1, 0.15) is 23.1 Å². The van der Waals surface area contributed by atoms with Gasteiger partial charge < -0.3 is 5.73 Å². The molecule has 0 aliphatic heterocycles. The van der Waals surface area contributed by atoms with Gasteiger partial charge in [-0.15, -0.1) is 11.3 Å². The number of aromatic nitrogens is 1. The average Bonchev–Trinajstić information content (AvgIpc) is 2.95. The van der Waals surface area contributed by atoms with Gasteiger partial charge in [-0.1, -0.05) is 13.0 Å². The van der Waals surface area contributed by atoms with Crippen molar-refractivity contribution in [3.63, 3.8) is 0 Å².